The number of hydrogen-bond donors (Lipinski definition) is 0. The van der Waals surface area contributed by atoms with E-state index in [4.69, 9.17) is 0 Å². The summed E-state index contributed by atoms with van der Waals surface area (Å²) in [5, 5.41) is 7.61. The molecule has 0 saturated heterocycles. The Morgan fingerprint density at radius 1 is 0.250 bits per heavy atom. The maximum atomic E-state index is 2.50. The fraction of sp³-hybridized carbons (Fsp3) is 0.100. The average Bonchev–Trinajstić information content (AvgIpc) is 3.66. The van der Waals surface area contributed by atoms with Gasteiger partial charge in [-0.05, 0) is 152 Å². The molecule has 2 aliphatic rings. The summed E-state index contributed by atoms with van der Waals surface area (Å²) < 4.78 is 0. The summed E-state index contributed by atoms with van der Waals surface area (Å²) in [5.74, 6) is 0. The van der Waals surface area contributed by atoms with Crippen LogP contribution in [0.25, 0.3) is 99.1 Å². The van der Waals surface area contributed by atoms with E-state index in [9.17, 15) is 0 Å². The monoisotopic (exact) mass is 764 g/mol. The topological polar surface area (TPSA) is 0 Å². The van der Waals surface area contributed by atoms with Crippen molar-refractivity contribution in [2.45, 2.75) is 38.5 Å². The first-order chi connectivity index (χ1) is 29.3. The minimum atomic E-state index is -0.158. The van der Waals surface area contributed by atoms with Gasteiger partial charge in [-0.25, -0.2) is 0 Å². The molecule has 284 valence electrons. The Morgan fingerprint density at radius 3 is 1.52 bits per heavy atom. The number of hydrogen-bond acceptors (Lipinski definition) is 0. The molecule has 0 atom stereocenters. The summed E-state index contributed by atoms with van der Waals surface area (Å²) in [6, 6.07) is 73.2. The zero-order valence-corrected chi connectivity index (χ0v) is 34.5. The second-order valence-electron chi connectivity index (χ2n) is 18.1. The second kappa shape index (κ2) is 12.7. The zero-order chi connectivity index (χ0) is 40.3. The molecule has 0 N–H and O–H groups in total. The molecule has 0 unspecified atom stereocenters. The Morgan fingerprint density at radius 2 is 0.733 bits per heavy atom. The van der Waals surface area contributed by atoms with E-state index < -0.39 is 0 Å². The van der Waals surface area contributed by atoms with E-state index in [-0.39, 0.29) is 10.8 Å². The molecule has 12 rings (SSSR count). The number of rotatable bonds is 4. The molecular formula is C60H44. The molecule has 0 bridgehead atoms. The van der Waals surface area contributed by atoms with E-state index in [1.807, 2.05) is 0 Å². The standard InChI is InChI=1S/C60H44/c1-59(2)53-21-13-12-18-45(53)51-34-43(27-31-54(51)59)58-49-20-11-10-19-48(49)57(50-30-25-41(33-52(50)58)40-23-22-38-16-8-9-17-39(38)32-40)44-26-29-47-46-28-24-42(37-14-6-5-7-15-37)35-55(46)60(3,4)56(47)36-44/h5-36H,1-4H3. The molecule has 10 aromatic rings. The largest absolute Gasteiger partial charge is 0.0622 e. The van der Waals surface area contributed by atoms with Gasteiger partial charge in [-0.1, -0.05) is 191 Å². The molecule has 0 heterocycles. The average molecular weight is 765 g/mol. The Bertz CT molecular complexity index is 3410. The third-order valence-corrected chi connectivity index (χ3v) is 14.1. The predicted molar refractivity (Wildman–Crippen MR) is 256 cm³/mol. The Balaban J connectivity index is 1.10. The van der Waals surface area contributed by atoms with E-state index in [1.165, 1.54) is 121 Å². The quantitative estimate of drug-likeness (QED) is 0.157. The Labute approximate surface area is 352 Å². The second-order valence-corrected chi connectivity index (χ2v) is 18.1. The number of fused-ring (bicyclic) bond motifs is 9. The van der Waals surface area contributed by atoms with Gasteiger partial charge in [-0.15, -0.1) is 0 Å². The molecule has 0 heteroatoms. The lowest BCUT2D eigenvalue weighted by atomic mass is 9.79. The zero-order valence-electron chi connectivity index (χ0n) is 34.5. The van der Waals surface area contributed by atoms with E-state index in [1.54, 1.807) is 0 Å². The van der Waals surface area contributed by atoms with Gasteiger partial charge in [0.1, 0.15) is 0 Å². The van der Waals surface area contributed by atoms with Crippen LogP contribution in [0.1, 0.15) is 49.9 Å². The maximum absolute atomic E-state index is 2.50. The van der Waals surface area contributed by atoms with Crippen molar-refractivity contribution >= 4 is 32.3 Å². The normalized spacial score (nSPS) is 14.3. The van der Waals surface area contributed by atoms with E-state index in [0.717, 1.165) is 0 Å². The van der Waals surface area contributed by atoms with Crippen LogP contribution in [-0.4, -0.2) is 0 Å². The third kappa shape index (κ3) is 5.04. The molecule has 2 aliphatic carbocycles. The van der Waals surface area contributed by atoms with Crippen LogP contribution < -0.4 is 0 Å². The lowest BCUT2D eigenvalue weighted by Gasteiger charge is -2.24. The molecule has 0 fully saturated rings. The lowest BCUT2D eigenvalue weighted by molar-refractivity contribution is 0.660. The van der Waals surface area contributed by atoms with Crippen LogP contribution in [0.3, 0.4) is 0 Å². The van der Waals surface area contributed by atoms with Crippen LogP contribution in [-0.2, 0) is 10.8 Å². The minimum Gasteiger partial charge on any atom is -0.0622 e. The predicted octanol–water partition coefficient (Wildman–Crippen LogP) is 16.4. The van der Waals surface area contributed by atoms with E-state index >= 15 is 0 Å². The third-order valence-electron chi connectivity index (χ3n) is 14.1. The van der Waals surface area contributed by atoms with Crippen LogP contribution >= 0.6 is 0 Å². The molecule has 0 amide bonds. The van der Waals surface area contributed by atoms with Crippen LogP contribution in [0.4, 0.5) is 0 Å². The highest BCUT2D eigenvalue weighted by atomic mass is 14.4. The molecule has 0 saturated carbocycles. The van der Waals surface area contributed by atoms with Gasteiger partial charge >= 0.3 is 0 Å². The molecule has 0 aromatic heterocycles. The molecule has 10 aromatic carbocycles. The van der Waals surface area contributed by atoms with Gasteiger partial charge < -0.3 is 0 Å². The van der Waals surface area contributed by atoms with E-state index in [0.29, 0.717) is 0 Å². The smallest absolute Gasteiger partial charge is 0.0159 e. The van der Waals surface area contributed by atoms with Gasteiger partial charge in [0, 0.05) is 10.8 Å². The summed E-state index contributed by atoms with van der Waals surface area (Å²) in [6.45, 7) is 9.54. The van der Waals surface area contributed by atoms with Crippen molar-refractivity contribution in [3.8, 4) is 66.8 Å². The van der Waals surface area contributed by atoms with Crippen LogP contribution in [0, 0.1) is 0 Å². The fourth-order valence-corrected chi connectivity index (χ4v) is 10.9. The van der Waals surface area contributed by atoms with Crippen LogP contribution in [0.2, 0.25) is 0 Å². The number of benzene rings is 10. The SMILES string of the molecule is CC1(C)c2ccccc2-c2cc(-c3c4ccccc4c(-c4ccc5c(c4)C(C)(C)c4cc(-c6ccccc6)ccc4-5)c4ccc(-c5ccc6ccccc6c5)cc34)ccc21. The first kappa shape index (κ1) is 35.0. The highest BCUT2D eigenvalue weighted by Gasteiger charge is 2.37. The van der Waals surface area contributed by atoms with Crippen molar-refractivity contribution in [1.29, 1.82) is 0 Å². The van der Waals surface area contributed by atoms with Gasteiger partial charge in [0.05, 0.1) is 0 Å². The Kier molecular flexibility index (Phi) is 7.42. The molecule has 0 radical (unpaired) electrons. The molecule has 0 nitrogen and oxygen atoms in total. The highest BCUT2D eigenvalue weighted by molar-refractivity contribution is 6.22. The summed E-state index contributed by atoms with van der Waals surface area (Å²) >= 11 is 0. The molecule has 60 heavy (non-hydrogen) atoms. The van der Waals surface area contributed by atoms with Crippen molar-refractivity contribution in [3.63, 3.8) is 0 Å². The lowest BCUT2D eigenvalue weighted by Crippen LogP contribution is -2.15. The first-order valence-corrected chi connectivity index (χ1v) is 21.3. The highest BCUT2D eigenvalue weighted by Crippen LogP contribution is 2.54. The van der Waals surface area contributed by atoms with Gasteiger partial charge in [0.2, 0.25) is 0 Å². The van der Waals surface area contributed by atoms with Gasteiger partial charge in [-0.3, -0.25) is 0 Å². The van der Waals surface area contributed by atoms with Gasteiger partial charge in [0.25, 0.3) is 0 Å². The summed E-state index contributed by atoms with van der Waals surface area (Å²) in [5.41, 5.74) is 20.8. The minimum absolute atomic E-state index is 0.0498. The van der Waals surface area contributed by atoms with Crippen molar-refractivity contribution < 1.29 is 0 Å². The first-order valence-electron chi connectivity index (χ1n) is 21.3. The molecule has 0 spiro atoms. The van der Waals surface area contributed by atoms with Crippen LogP contribution in [0.15, 0.2) is 194 Å². The molecular weight excluding hydrogens is 721 g/mol. The Hall–Kier alpha value is -7.02. The molecule has 0 aliphatic heterocycles. The van der Waals surface area contributed by atoms with Crippen molar-refractivity contribution in [1.82, 2.24) is 0 Å². The van der Waals surface area contributed by atoms with Gasteiger partial charge in [0.15, 0.2) is 0 Å². The van der Waals surface area contributed by atoms with Gasteiger partial charge in [-0.2, -0.15) is 0 Å². The maximum Gasteiger partial charge on any atom is 0.0159 e. The fourth-order valence-electron chi connectivity index (χ4n) is 10.9. The summed E-state index contributed by atoms with van der Waals surface area (Å²) in [6.07, 6.45) is 0. The van der Waals surface area contributed by atoms with Crippen molar-refractivity contribution in [3.05, 3.63) is 216 Å². The van der Waals surface area contributed by atoms with E-state index in [2.05, 4.69) is 222 Å². The summed E-state index contributed by atoms with van der Waals surface area (Å²) in [7, 11) is 0. The summed E-state index contributed by atoms with van der Waals surface area (Å²) in [4.78, 5) is 0. The van der Waals surface area contributed by atoms with Crippen molar-refractivity contribution in [2.24, 2.45) is 0 Å². The van der Waals surface area contributed by atoms with Crippen LogP contribution in [0.5, 0.6) is 0 Å². The van der Waals surface area contributed by atoms with Crippen molar-refractivity contribution in [2.75, 3.05) is 0 Å².